The van der Waals surface area contributed by atoms with Gasteiger partial charge in [0.25, 0.3) is 0 Å². The third kappa shape index (κ3) is 3.12. The molecular weight excluding hydrogens is 364 g/mol. The molecule has 1 radical (unpaired) electrons. The predicted molar refractivity (Wildman–Crippen MR) is 83.3 cm³/mol. The van der Waals surface area contributed by atoms with Crippen molar-refractivity contribution >= 4 is 24.4 Å². The molecule has 1 heterocycles. The molecule has 1 aliphatic rings. The van der Waals surface area contributed by atoms with Crippen molar-refractivity contribution in [3.05, 3.63) is 77.6 Å². The number of benzene rings is 2. The molecule has 2 nitrogen and oxygen atoms in total. The predicted octanol–water partition coefficient (Wildman–Crippen LogP) is 2.50. The van der Waals surface area contributed by atoms with Gasteiger partial charge in [-0.2, -0.15) is 0 Å². The number of aliphatic hydroxyl groups is 1. The summed E-state index contributed by atoms with van der Waals surface area (Å²) < 4.78 is 11.4. The zero-order chi connectivity index (χ0) is 13.8. The van der Waals surface area contributed by atoms with E-state index in [-0.39, 0.29) is 0 Å². The van der Waals surface area contributed by atoms with Crippen LogP contribution < -0.4 is 4.74 Å². The molecule has 0 bridgehead atoms. The first-order valence-electron chi connectivity index (χ1n) is 6.49. The number of allylic oxidation sites excluding steroid dienone is 2. The third-order valence-corrected chi connectivity index (χ3v) is 5.66. The molecule has 0 aliphatic carbocycles. The average molecular weight is 380 g/mol. The van der Waals surface area contributed by atoms with Crippen LogP contribution >= 0.6 is 0 Å². The van der Waals surface area contributed by atoms with Crippen LogP contribution in [-0.4, -0.2) is 34.6 Å². The van der Waals surface area contributed by atoms with Crippen molar-refractivity contribution < 1.29 is 7.84 Å². The van der Waals surface area contributed by atoms with Crippen molar-refractivity contribution in [3.63, 3.8) is 0 Å². The fourth-order valence-electron chi connectivity index (χ4n) is 2.09. The molecule has 0 fully saturated rings. The van der Waals surface area contributed by atoms with E-state index in [9.17, 15) is 0 Å². The summed E-state index contributed by atoms with van der Waals surface area (Å²) in [6, 6.07) is 18.8. The molecule has 20 heavy (non-hydrogen) atoms. The van der Waals surface area contributed by atoms with E-state index in [2.05, 4.69) is 48.5 Å². The topological polar surface area (TPSA) is 22.0 Å². The normalized spacial score (nSPS) is 13.4. The minimum atomic E-state index is -0.410. The van der Waals surface area contributed by atoms with Gasteiger partial charge < -0.3 is 0 Å². The van der Waals surface area contributed by atoms with Crippen molar-refractivity contribution in [1.29, 1.82) is 0 Å². The molecule has 3 rings (SSSR count). The second-order valence-electron chi connectivity index (χ2n) is 4.57. The van der Waals surface area contributed by atoms with Crippen LogP contribution in [0.25, 0.3) is 0 Å². The molecule has 0 spiro atoms. The van der Waals surface area contributed by atoms with Gasteiger partial charge in [-0.25, -0.2) is 0 Å². The van der Waals surface area contributed by atoms with Crippen LogP contribution in [0.15, 0.2) is 66.4 Å². The van der Waals surface area contributed by atoms with Gasteiger partial charge in [-0.05, 0) is 0 Å². The summed E-state index contributed by atoms with van der Waals surface area (Å²) in [5, 5.41) is 0. The van der Waals surface area contributed by atoms with Crippen molar-refractivity contribution in [2.75, 3.05) is 7.11 Å². The molecule has 101 valence electrons. The first kappa shape index (κ1) is 13.4. The maximum atomic E-state index is 5.18. The Hall–Kier alpha value is -1.56. The Kier molecular flexibility index (Phi) is 4.20. The van der Waals surface area contributed by atoms with E-state index in [1.54, 1.807) is 7.11 Å². The van der Waals surface area contributed by atoms with Gasteiger partial charge in [0.15, 0.2) is 0 Å². The quantitative estimate of drug-likeness (QED) is 0.591. The van der Waals surface area contributed by atoms with Crippen LogP contribution in [0.1, 0.15) is 11.1 Å². The summed E-state index contributed by atoms with van der Waals surface area (Å²) in [5.41, 5.74) is 2.60. The monoisotopic (exact) mass is 382 g/mol. The Balaban J connectivity index is 1.71. The maximum absolute atomic E-state index is 5.18. The van der Waals surface area contributed by atoms with Crippen LogP contribution in [-0.2, 0) is 6.42 Å². The van der Waals surface area contributed by atoms with Crippen molar-refractivity contribution in [3.8, 4) is 5.75 Å². The summed E-state index contributed by atoms with van der Waals surface area (Å²) >= 11 is -0.410. The summed E-state index contributed by atoms with van der Waals surface area (Å²) in [7, 11) is 1.69. The molecule has 0 unspecified atom stereocenters. The second-order valence-corrected chi connectivity index (χ2v) is 6.87. The molecule has 2 aromatic rings. The van der Waals surface area contributed by atoms with E-state index in [1.807, 2.05) is 12.1 Å². The standard InChI is InChI=1S/C17H16O2Te/c1-18-15-9-7-13(8-10-15)11-16-12-17(20-19-16)14-5-3-2-4-6-14/h2-10,12,19H,11H2,1H3/q+1. The van der Waals surface area contributed by atoms with Gasteiger partial charge in [-0.3, -0.25) is 0 Å². The second kappa shape index (κ2) is 6.26. The van der Waals surface area contributed by atoms with E-state index >= 15 is 0 Å². The number of methoxy groups -OCH3 is 1. The van der Waals surface area contributed by atoms with Crippen LogP contribution in [0.3, 0.4) is 0 Å². The minimum absolute atomic E-state index is 0.410. The SMILES string of the molecule is COc1ccc(CC2=CC(c3ccccc3)=[Te][OH+]2)cc1. The average Bonchev–Trinajstić information content (AvgIpc) is 2.97. The van der Waals surface area contributed by atoms with Gasteiger partial charge in [0.2, 0.25) is 0 Å². The molecule has 0 atom stereocenters. The van der Waals surface area contributed by atoms with Crippen LogP contribution in [0, 0.1) is 0 Å². The fraction of sp³-hybridized carbons (Fsp3) is 0.118. The zero-order valence-corrected chi connectivity index (χ0v) is 13.6. The van der Waals surface area contributed by atoms with E-state index in [0.29, 0.717) is 0 Å². The van der Waals surface area contributed by atoms with Crippen LogP contribution in [0.2, 0.25) is 0 Å². The van der Waals surface area contributed by atoms with Gasteiger partial charge in [0.1, 0.15) is 0 Å². The van der Waals surface area contributed by atoms with Crippen molar-refractivity contribution in [1.82, 2.24) is 0 Å². The number of hydrogen-bond donors (Lipinski definition) is 0. The Labute approximate surface area is 129 Å². The Morgan fingerprint density at radius 3 is 2.45 bits per heavy atom. The fourth-order valence-corrected chi connectivity index (χ4v) is 4.26. The van der Waals surface area contributed by atoms with Gasteiger partial charge in [0, 0.05) is 0 Å². The molecule has 0 saturated heterocycles. The van der Waals surface area contributed by atoms with Crippen LogP contribution in [0.4, 0.5) is 0 Å². The molecule has 1 N–H and O–H groups in total. The molecule has 0 aromatic heterocycles. The van der Waals surface area contributed by atoms with Crippen molar-refractivity contribution in [2.45, 2.75) is 6.42 Å². The molecule has 0 saturated carbocycles. The van der Waals surface area contributed by atoms with Gasteiger partial charge >= 0.3 is 129 Å². The number of hydrogen-bond acceptors (Lipinski definition) is 1. The molecule has 2 aromatic carbocycles. The molecule has 1 aliphatic heterocycles. The first-order chi connectivity index (χ1) is 9.85. The van der Waals surface area contributed by atoms with Crippen LogP contribution in [0.5, 0.6) is 5.75 Å². The Morgan fingerprint density at radius 2 is 1.75 bits per heavy atom. The molecule has 3 heteroatoms. The van der Waals surface area contributed by atoms with Gasteiger partial charge in [-0.1, -0.05) is 0 Å². The molecular formula is C17H16O2Te+. The van der Waals surface area contributed by atoms with E-state index in [1.165, 1.54) is 20.4 Å². The summed E-state index contributed by atoms with van der Waals surface area (Å²) in [4.78, 5) is 0. The first-order valence-corrected chi connectivity index (χ1v) is 8.70. The summed E-state index contributed by atoms with van der Waals surface area (Å²) in [5.74, 6) is 2.10. The number of ether oxygens (including phenoxy) is 1. The summed E-state index contributed by atoms with van der Waals surface area (Å²) in [6.07, 6.45) is 3.17. The Bertz CT molecular complexity index is 642. The molecule has 0 amide bonds. The summed E-state index contributed by atoms with van der Waals surface area (Å²) in [6.45, 7) is 0. The third-order valence-electron chi connectivity index (χ3n) is 3.16. The van der Waals surface area contributed by atoms with Crippen molar-refractivity contribution in [2.24, 2.45) is 0 Å². The van der Waals surface area contributed by atoms with Gasteiger partial charge in [0.05, 0.1) is 0 Å². The number of rotatable bonds is 4. The zero-order valence-electron chi connectivity index (χ0n) is 11.2. The van der Waals surface area contributed by atoms with Gasteiger partial charge in [-0.15, -0.1) is 0 Å². The van der Waals surface area contributed by atoms with E-state index in [4.69, 9.17) is 7.84 Å². The van der Waals surface area contributed by atoms with E-state index in [0.717, 1.165) is 12.2 Å². The van der Waals surface area contributed by atoms with E-state index < -0.39 is 20.9 Å². The Morgan fingerprint density at radius 1 is 1.00 bits per heavy atom.